The predicted molar refractivity (Wildman–Crippen MR) is 70.7 cm³/mol. The van der Waals surface area contributed by atoms with E-state index >= 15 is 0 Å². The Morgan fingerprint density at radius 1 is 1.42 bits per heavy atom. The molecule has 0 amide bonds. The summed E-state index contributed by atoms with van der Waals surface area (Å²) in [6.45, 7) is 6.79. The van der Waals surface area contributed by atoms with Crippen LogP contribution >= 0.6 is 0 Å². The van der Waals surface area contributed by atoms with E-state index < -0.39 is 0 Å². The standard InChI is InChI=1S/C14H19N3O2/c1-14(2)10-6-17(7-11(10)14)12-4-9(15-8-16-12)5-13(18)19-3/h4,8,10-11H,5-7H2,1-3H3. The first-order valence-electron chi connectivity index (χ1n) is 6.65. The lowest BCUT2D eigenvalue weighted by atomic mass is 10.1. The molecule has 2 unspecified atom stereocenters. The van der Waals surface area contributed by atoms with Crippen LogP contribution in [0, 0.1) is 17.3 Å². The lowest BCUT2D eigenvalue weighted by Crippen LogP contribution is -2.27. The van der Waals surface area contributed by atoms with Gasteiger partial charge in [0.2, 0.25) is 0 Å². The van der Waals surface area contributed by atoms with Gasteiger partial charge in [-0.2, -0.15) is 0 Å². The van der Waals surface area contributed by atoms with Crippen LogP contribution in [0.15, 0.2) is 12.4 Å². The van der Waals surface area contributed by atoms with Gasteiger partial charge in [0.1, 0.15) is 12.1 Å². The number of aromatic nitrogens is 2. The van der Waals surface area contributed by atoms with Crippen molar-refractivity contribution in [3.8, 4) is 0 Å². The fraction of sp³-hybridized carbons (Fsp3) is 0.643. The number of hydrogen-bond donors (Lipinski definition) is 0. The normalized spacial score (nSPS) is 27.0. The van der Waals surface area contributed by atoms with Gasteiger partial charge in [0, 0.05) is 19.2 Å². The van der Waals surface area contributed by atoms with Crippen LogP contribution in [-0.2, 0) is 16.0 Å². The number of fused-ring (bicyclic) bond motifs is 1. The number of rotatable bonds is 3. The zero-order chi connectivity index (χ0) is 13.6. The van der Waals surface area contributed by atoms with Crippen molar-refractivity contribution in [3.63, 3.8) is 0 Å². The Balaban J connectivity index is 1.70. The molecular formula is C14H19N3O2. The number of carbonyl (C=O) groups is 1. The van der Waals surface area contributed by atoms with E-state index in [1.54, 1.807) is 0 Å². The van der Waals surface area contributed by atoms with Crippen LogP contribution in [0.25, 0.3) is 0 Å². The molecule has 0 aromatic carbocycles. The molecule has 1 aliphatic carbocycles. The molecule has 2 heterocycles. The largest absolute Gasteiger partial charge is 0.469 e. The SMILES string of the molecule is COC(=O)Cc1cc(N2CC3C(C2)C3(C)C)ncn1. The summed E-state index contributed by atoms with van der Waals surface area (Å²) in [5.41, 5.74) is 1.22. The minimum absolute atomic E-state index is 0.207. The molecule has 2 aliphatic rings. The Labute approximate surface area is 113 Å². The van der Waals surface area contributed by atoms with Crippen LogP contribution in [0.4, 0.5) is 5.82 Å². The van der Waals surface area contributed by atoms with Gasteiger partial charge in [-0.05, 0) is 17.3 Å². The Hall–Kier alpha value is -1.65. The van der Waals surface area contributed by atoms with Gasteiger partial charge in [-0.1, -0.05) is 13.8 Å². The number of hydrogen-bond acceptors (Lipinski definition) is 5. The summed E-state index contributed by atoms with van der Waals surface area (Å²) in [6.07, 6.45) is 1.74. The summed E-state index contributed by atoms with van der Waals surface area (Å²) in [4.78, 5) is 22.0. The summed E-state index contributed by atoms with van der Waals surface area (Å²) in [7, 11) is 1.39. The van der Waals surface area contributed by atoms with E-state index in [9.17, 15) is 4.79 Å². The highest BCUT2D eigenvalue weighted by molar-refractivity contribution is 5.72. The highest BCUT2D eigenvalue weighted by atomic mass is 16.5. The highest BCUT2D eigenvalue weighted by Gasteiger charge is 2.62. The van der Waals surface area contributed by atoms with E-state index in [-0.39, 0.29) is 12.4 Å². The second-order valence-corrected chi connectivity index (χ2v) is 6.06. The molecule has 1 saturated heterocycles. The maximum absolute atomic E-state index is 11.3. The minimum Gasteiger partial charge on any atom is -0.469 e. The van der Waals surface area contributed by atoms with Crippen molar-refractivity contribution in [2.75, 3.05) is 25.1 Å². The number of esters is 1. The van der Waals surface area contributed by atoms with Crippen LogP contribution in [0.5, 0.6) is 0 Å². The van der Waals surface area contributed by atoms with Crippen LogP contribution in [0.1, 0.15) is 19.5 Å². The van der Waals surface area contributed by atoms with Crippen LogP contribution < -0.4 is 4.90 Å². The molecule has 1 aromatic rings. The van der Waals surface area contributed by atoms with Crippen LogP contribution in [0.3, 0.4) is 0 Å². The first-order valence-corrected chi connectivity index (χ1v) is 6.65. The molecule has 19 heavy (non-hydrogen) atoms. The number of nitrogens with zero attached hydrogens (tertiary/aromatic N) is 3. The lowest BCUT2D eigenvalue weighted by Gasteiger charge is -2.23. The number of ether oxygens (including phenoxy) is 1. The van der Waals surface area contributed by atoms with Gasteiger partial charge >= 0.3 is 5.97 Å². The zero-order valence-corrected chi connectivity index (χ0v) is 11.6. The summed E-state index contributed by atoms with van der Waals surface area (Å²) in [5.74, 6) is 2.23. The second kappa shape index (κ2) is 4.18. The molecule has 0 spiro atoms. The number of carbonyl (C=O) groups excluding carboxylic acids is 1. The van der Waals surface area contributed by atoms with Gasteiger partial charge in [-0.25, -0.2) is 9.97 Å². The quantitative estimate of drug-likeness (QED) is 0.767. The van der Waals surface area contributed by atoms with Crippen molar-refractivity contribution >= 4 is 11.8 Å². The third-order valence-corrected chi connectivity index (χ3v) is 4.71. The molecule has 0 radical (unpaired) electrons. The number of anilines is 1. The molecule has 0 N–H and O–H groups in total. The minimum atomic E-state index is -0.268. The fourth-order valence-electron chi connectivity index (χ4n) is 3.19. The molecule has 1 aromatic heterocycles. The van der Waals surface area contributed by atoms with Crippen molar-refractivity contribution in [2.24, 2.45) is 17.3 Å². The van der Waals surface area contributed by atoms with E-state index in [0.717, 1.165) is 36.4 Å². The monoisotopic (exact) mass is 261 g/mol. The van der Waals surface area contributed by atoms with Crippen molar-refractivity contribution in [1.29, 1.82) is 0 Å². The maximum Gasteiger partial charge on any atom is 0.311 e. The van der Waals surface area contributed by atoms with Crippen LogP contribution in [0.2, 0.25) is 0 Å². The maximum atomic E-state index is 11.3. The van der Waals surface area contributed by atoms with E-state index in [0.29, 0.717) is 5.41 Å². The Bertz CT molecular complexity index is 501. The average Bonchev–Trinajstić information content (AvgIpc) is 2.80. The Morgan fingerprint density at radius 3 is 2.74 bits per heavy atom. The number of methoxy groups -OCH3 is 1. The first-order chi connectivity index (χ1) is 9.02. The fourth-order valence-corrected chi connectivity index (χ4v) is 3.19. The van der Waals surface area contributed by atoms with E-state index in [1.807, 2.05) is 6.07 Å². The van der Waals surface area contributed by atoms with E-state index in [2.05, 4.69) is 33.5 Å². The van der Waals surface area contributed by atoms with Crippen molar-refractivity contribution < 1.29 is 9.53 Å². The summed E-state index contributed by atoms with van der Waals surface area (Å²) in [6, 6.07) is 1.90. The van der Waals surface area contributed by atoms with Crippen molar-refractivity contribution in [3.05, 3.63) is 18.1 Å². The third-order valence-electron chi connectivity index (χ3n) is 4.71. The first kappa shape index (κ1) is 12.4. The van der Waals surface area contributed by atoms with Gasteiger partial charge in [0.05, 0.1) is 19.2 Å². The number of piperidine rings is 1. The molecule has 1 aliphatic heterocycles. The van der Waals surface area contributed by atoms with Crippen molar-refractivity contribution in [1.82, 2.24) is 9.97 Å². The summed E-state index contributed by atoms with van der Waals surface area (Å²) < 4.78 is 4.66. The molecular weight excluding hydrogens is 242 g/mol. The van der Waals surface area contributed by atoms with Gasteiger partial charge in [0.25, 0.3) is 0 Å². The summed E-state index contributed by atoms with van der Waals surface area (Å²) in [5, 5.41) is 0. The molecule has 3 rings (SSSR count). The molecule has 5 heteroatoms. The zero-order valence-electron chi connectivity index (χ0n) is 11.6. The van der Waals surface area contributed by atoms with Crippen LogP contribution in [-0.4, -0.2) is 36.1 Å². The Kier molecular flexibility index (Phi) is 2.73. The molecule has 2 fully saturated rings. The van der Waals surface area contributed by atoms with E-state index in [1.165, 1.54) is 13.4 Å². The highest BCUT2D eigenvalue weighted by Crippen LogP contribution is 2.62. The Morgan fingerprint density at radius 2 is 2.11 bits per heavy atom. The average molecular weight is 261 g/mol. The summed E-state index contributed by atoms with van der Waals surface area (Å²) >= 11 is 0. The molecule has 102 valence electrons. The van der Waals surface area contributed by atoms with E-state index in [4.69, 9.17) is 0 Å². The third kappa shape index (κ3) is 2.07. The smallest absolute Gasteiger partial charge is 0.311 e. The van der Waals surface area contributed by atoms with Gasteiger partial charge < -0.3 is 9.64 Å². The lowest BCUT2D eigenvalue weighted by molar-refractivity contribution is -0.139. The molecule has 5 nitrogen and oxygen atoms in total. The molecule has 0 bridgehead atoms. The second-order valence-electron chi connectivity index (χ2n) is 6.06. The van der Waals surface area contributed by atoms with Gasteiger partial charge in [0.15, 0.2) is 0 Å². The predicted octanol–water partition coefficient (Wildman–Crippen LogP) is 1.28. The van der Waals surface area contributed by atoms with Gasteiger partial charge in [-0.15, -0.1) is 0 Å². The molecule has 2 atom stereocenters. The molecule has 1 saturated carbocycles. The van der Waals surface area contributed by atoms with Crippen molar-refractivity contribution in [2.45, 2.75) is 20.3 Å². The topological polar surface area (TPSA) is 55.3 Å². The van der Waals surface area contributed by atoms with Gasteiger partial charge in [-0.3, -0.25) is 4.79 Å².